The van der Waals surface area contributed by atoms with Gasteiger partial charge in [-0.2, -0.15) is 13.2 Å². The molecule has 0 bridgehead atoms. The van der Waals surface area contributed by atoms with Crippen molar-refractivity contribution in [2.75, 3.05) is 4.72 Å². The summed E-state index contributed by atoms with van der Waals surface area (Å²) in [5, 5.41) is 10.1. The molecule has 0 amide bonds. The van der Waals surface area contributed by atoms with E-state index in [0.717, 1.165) is 23.8 Å². The number of halogens is 5. The van der Waals surface area contributed by atoms with E-state index >= 15 is 0 Å². The maximum absolute atomic E-state index is 14.0. The Bertz CT molecular complexity index is 1200. The van der Waals surface area contributed by atoms with Gasteiger partial charge in [0.05, 0.1) is 10.6 Å². The second kappa shape index (κ2) is 8.78. The van der Waals surface area contributed by atoms with Gasteiger partial charge in [-0.05, 0) is 41.8 Å². The highest BCUT2D eigenvalue weighted by atomic mass is 32.2. The van der Waals surface area contributed by atoms with Crippen molar-refractivity contribution < 1.29 is 35.5 Å². The summed E-state index contributed by atoms with van der Waals surface area (Å²) in [6.45, 7) is 0. The zero-order chi connectivity index (χ0) is 23.6. The average molecular weight is 471 g/mol. The lowest BCUT2D eigenvalue weighted by atomic mass is 10.0. The van der Waals surface area contributed by atoms with Crippen LogP contribution in [0, 0.1) is 0 Å². The van der Waals surface area contributed by atoms with E-state index in [1.54, 1.807) is 6.07 Å². The van der Waals surface area contributed by atoms with Gasteiger partial charge in [-0.3, -0.25) is 4.72 Å². The number of anilines is 1. The van der Waals surface area contributed by atoms with Crippen LogP contribution in [-0.2, 0) is 22.4 Å². The Labute approximate surface area is 181 Å². The summed E-state index contributed by atoms with van der Waals surface area (Å²) in [7, 11) is -4.48. The summed E-state index contributed by atoms with van der Waals surface area (Å²) in [6.07, 6.45) is -7.12. The van der Waals surface area contributed by atoms with Gasteiger partial charge in [0.1, 0.15) is 12.2 Å². The van der Waals surface area contributed by atoms with Gasteiger partial charge in [0, 0.05) is 5.56 Å². The van der Waals surface area contributed by atoms with Crippen molar-refractivity contribution in [1.82, 2.24) is 0 Å². The highest BCUT2D eigenvalue weighted by molar-refractivity contribution is 7.92. The zero-order valence-electron chi connectivity index (χ0n) is 16.4. The van der Waals surface area contributed by atoms with Crippen molar-refractivity contribution >= 4 is 15.7 Å². The van der Waals surface area contributed by atoms with E-state index in [-0.39, 0.29) is 5.69 Å². The molecule has 0 aromatic heterocycles. The quantitative estimate of drug-likeness (QED) is 0.337. The number of hydrogen-bond acceptors (Lipinski definition) is 3. The molecule has 3 rings (SSSR count). The normalized spacial score (nSPS) is 12.5. The van der Waals surface area contributed by atoms with E-state index in [1.807, 2.05) is 30.3 Å². The molecule has 0 atom stereocenters. The van der Waals surface area contributed by atoms with E-state index in [2.05, 4.69) is 4.72 Å². The third kappa shape index (κ3) is 5.97. The Morgan fingerprint density at radius 1 is 0.812 bits per heavy atom. The van der Waals surface area contributed by atoms with Crippen LogP contribution in [0.25, 0.3) is 0 Å². The lowest BCUT2D eigenvalue weighted by Gasteiger charge is -2.19. The molecule has 0 aliphatic heterocycles. The molecule has 0 saturated carbocycles. The lowest BCUT2D eigenvalue weighted by Crippen LogP contribution is -2.24. The molecule has 0 radical (unpaired) electrons. The molecule has 10 heteroatoms. The minimum absolute atomic E-state index is 0.189. The van der Waals surface area contributed by atoms with Crippen LogP contribution in [0.1, 0.15) is 23.1 Å². The van der Waals surface area contributed by atoms with Crippen LogP contribution in [0.3, 0.4) is 0 Å². The first-order valence-corrected chi connectivity index (χ1v) is 10.8. The van der Waals surface area contributed by atoms with Crippen molar-refractivity contribution in [2.24, 2.45) is 0 Å². The maximum Gasteiger partial charge on any atom is 0.395 e. The predicted molar refractivity (Wildman–Crippen MR) is 109 cm³/mol. The topological polar surface area (TPSA) is 66.4 Å². The first-order chi connectivity index (χ1) is 14.9. The van der Waals surface area contributed by atoms with E-state index in [4.69, 9.17) is 0 Å². The van der Waals surface area contributed by atoms with Crippen LogP contribution in [-0.4, -0.2) is 19.7 Å². The summed E-state index contributed by atoms with van der Waals surface area (Å²) < 4.78 is 92.9. The highest BCUT2D eigenvalue weighted by Crippen LogP contribution is 2.40. The fraction of sp³-hybridized carbons (Fsp3) is 0.182. The molecule has 2 N–H and O–H groups in total. The van der Waals surface area contributed by atoms with Gasteiger partial charge < -0.3 is 5.11 Å². The molecule has 32 heavy (non-hydrogen) atoms. The van der Waals surface area contributed by atoms with Crippen molar-refractivity contribution in [3.63, 3.8) is 0 Å². The Hall–Kier alpha value is -3.14. The third-order valence-electron chi connectivity index (χ3n) is 4.55. The number of nitrogens with one attached hydrogen (secondary N) is 1. The number of sulfonamides is 1. The summed E-state index contributed by atoms with van der Waals surface area (Å²) in [5.74, 6) is -4.70. The number of aromatic hydroxyl groups is 1. The van der Waals surface area contributed by atoms with Crippen LogP contribution >= 0.6 is 0 Å². The Kier molecular flexibility index (Phi) is 6.45. The van der Waals surface area contributed by atoms with Gasteiger partial charge in [-0.15, -0.1) is 0 Å². The second-order valence-electron chi connectivity index (χ2n) is 7.14. The molecular weight excluding hydrogens is 453 g/mol. The molecule has 0 saturated heterocycles. The molecule has 0 fully saturated rings. The number of phenolic OH excluding ortho intramolecular Hbond substituents is 1. The van der Waals surface area contributed by atoms with E-state index < -0.39 is 44.8 Å². The fourth-order valence-electron chi connectivity index (χ4n) is 3.05. The monoisotopic (exact) mass is 471 g/mol. The highest BCUT2D eigenvalue weighted by Gasteiger charge is 2.45. The van der Waals surface area contributed by atoms with Gasteiger partial charge in [-0.1, -0.05) is 48.5 Å². The van der Waals surface area contributed by atoms with Crippen molar-refractivity contribution in [1.29, 1.82) is 0 Å². The molecule has 0 spiro atoms. The third-order valence-corrected chi connectivity index (χ3v) is 5.91. The molecule has 3 aromatic rings. The number of phenols is 1. The van der Waals surface area contributed by atoms with Crippen LogP contribution < -0.4 is 4.72 Å². The first kappa shape index (κ1) is 23.5. The number of alkyl halides is 5. The Balaban J connectivity index is 1.87. The molecule has 0 aliphatic carbocycles. The van der Waals surface area contributed by atoms with E-state index in [9.17, 15) is 35.5 Å². The summed E-state index contributed by atoms with van der Waals surface area (Å²) in [5.41, 5.74) is 0.328. The second-order valence-corrected chi connectivity index (χ2v) is 8.83. The minimum atomic E-state index is -5.14. The minimum Gasteiger partial charge on any atom is -0.506 e. The largest absolute Gasteiger partial charge is 0.506 e. The molecule has 4 nitrogen and oxygen atoms in total. The fourth-order valence-corrected chi connectivity index (χ4v) is 4.17. The van der Waals surface area contributed by atoms with Gasteiger partial charge in [-0.25, -0.2) is 17.2 Å². The van der Waals surface area contributed by atoms with Crippen LogP contribution in [0.15, 0.2) is 77.7 Å². The van der Waals surface area contributed by atoms with Crippen LogP contribution in [0.5, 0.6) is 5.75 Å². The average Bonchev–Trinajstić information content (AvgIpc) is 2.69. The van der Waals surface area contributed by atoms with Gasteiger partial charge in [0.15, 0.2) is 0 Å². The number of benzene rings is 3. The molecule has 3 aromatic carbocycles. The number of rotatable bonds is 7. The van der Waals surface area contributed by atoms with Crippen molar-refractivity contribution in [2.45, 2.75) is 29.8 Å². The zero-order valence-corrected chi connectivity index (χ0v) is 17.2. The smallest absolute Gasteiger partial charge is 0.395 e. The van der Waals surface area contributed by atoms with Crippen LogP contribution in [0.2, 0.25) is 0 Å². The molecule has 0 aliphatic rings. The van der Waals surface area contributed by atoms with Crippen LogP contribution in [0.4, 0.5) is 27.6 Å². The van der Waals surface area contributed by atoms with E-state index in [0.29, 0.717) is 18.1 Å². The summed E-state index contributed by atoms with van der Waals surface area (Å²) in [4.78, 5) is -0.662. The van der Waals surface area contributed by atoms with Gasteiger partial charge in [0.25, 0.3) is 15.9 Å². The predicted octanol–water partition coefficient (Wildman–Crippen LogP) is 5.83. The molecule has 0 unspecified atom stereocenters. The lowest BCUT2D eigenvalue weighted by molar-refractivity contribution is -0.191. The van der Waals surface area contributed by atoms with Gasteiger partial charge in [0.2, 0.25) is 0 Å². The Morgan fingerprint density at radius 2 is 1.50 bits per heavy atom. The Morgan fingerprint density at radius 3 is 2.16 bits per heavy atom. The van der Waals surface area contributed by atoms with Crippen molar-refractivity contribution in [3.8, 4) is 5.75 Å². The number of hydrogen-bond donors (Lipinski definition) is 2. The molecule has 0 heterocycles. The molecule has 170 valence electrons. The van der Waals surface area contributed by atoms with Crippen molar-refractivity contribution in [3.05, 3.63) is 89.5 Å². The summed E-state index contributed by atoms with van der Waals surface area (Å²) in [6, 6.07) is 16.6. The van der Waals surface area contributed by atoms with E-state index in [1.165, 1.54) is 12.1 Å². The first-order valence-electron chi connectivity index (χ1n) is 9.29. The SMILES string of the molecule is O=S(=O)(Nc1cc(Cc2ccccc2)ccc1O)c1cccc(C(F)(F)CC(F)(F)F)c1. The van der Waals surface area contributed by atoms with Gasteiger partial charge >= 0.3 is 6.18 Å². The standard InChI is InChI=1S/C22H18F5NO3S/c23-21(24,14-22(25,26)27)17-7-4-8-18(13-17)32(30,31)28-19-12-16(9-10-20(19)29)11-15-5-2-1-3-6-15/h1-10,12-13,28-29H,11,14H2. The summed E-state index contributed by atoms with van der Waals surface area (Å²) >= 11 is 0. The molecular formula is C22H18F5NO3S. The maximum atomic E-state index is 14.0.